The Morgan fingerprint density at radius 1 is 1.31 bits per heavy atom. The van der Waals surface area contributed by atoms with Crippen LogP contribution in [-0.4, -0.2) is 44.8 Å². The lowest BCUT2D eigenvalue weighted by Crippen LogP contribution is -2.52. The summed E-state index contributed by atoms with van der Waals surface area (Å²) in [5, 5.41) is 14.5. The van der Waals surface area contributed by atoms with Crippen LogP contribution in [0.2, 0.25) is 0 Å². The first-order valence-corrected chi connectivity index (χ1v) is 9.47. The Morgan fingerprint density at radius 3 is 2.50 bits per heavy atom. The third-order valence-electron chi connectivity index (χ3n) is 5.69. The summed E-state index contributed by atoms with van der Waals surface area (Å²) >= 11 is 0. The highest BCUT2D eigenvalue weighted by atomic mass is 16.4. The van der Waals surface area contributed by atoms with E-state index in [1.807, 2.05) is 11.0 Å². The second kappa shape index (κ2) is 6.89. The predicted octanol–water partition coefficient (Wildman–Crippen LogP) is 2.94. The van der Waals surface area contributed by atoms with Gasteiger partial charge in [-0.2, -0.15) is 5.10 Å². The van der Waals surface area contributed by atoms with Crippen molar-refractivity contribution in [3.8, 4) is 0 Å². The first-order chi connectivity index (χ1) is 12.2. The minimum absolute atomic E-state index is 0.129. The maximum absolute atomic E-state index is 12.5. The number of aromatic nitrogens is 2. The molecule has 0 bridgehead atoms. The Bertz CT molecular complexity index is 706. The molecule has 1 unspecified atom stereocenters. The number of aliphatic carboxylic acids is 1. The zero-order valence-corrected chi connectivity index (χ0v) is 15.9. The van der Waals surface area contributed by atoms with E-state index >= 15 is 0 Å². The Labute approximate surface area is 154 Å². The van der Waals surface area contributed by atoms with E-state index in [1.54, 1.807) is 10.9 Å². The van der Waals surface area contributed by atoms with Crippen molar-refractivity contribution >= 4 is 11.9 Å². The van der Waals surface area contributed by atoms with E-state index in [1.165, 1.54) is 0 Å². The number of nitrogens with zero attached hydrogens (tertiary/aromatic N) is 3. The monoisotopic (exact) mass is 359 g/mol. The molecule has 6 nitrogen and oxygen atoms in total. The van der Waals surface area contributed by atoms with Crippen molar-refractivity contribution in [2.75, 3.05) is 13.1 Å². The van der Waals surface area contributed by atoms with Crippen LogP contribution < -0.4 is 0 Å². The summed E-state index contributed by atoms with van der Waals surface area (Å²) in [5.74, 6) is -0.391. The molecule has 142 valence electrons. The third kappa shape index (κ3) is 3.55. The molecule has 6 heteroatoms. The molecule has 0 radical (unpaired) electrons. The fourth-order valence-electron chi connectivity index (χ4n) is 3.85. The van der Waals surface area contributed by atoms with E-state index in [-0.39, 0.29) is 11.3 Å². The number of carboxylic acid groups (broad SMARTS) is 1. The smallest absolute Gasteiger partial charge is 0.331 e. The fourth-order valence-corrected chi connectivity index (χ4v) is 3.85. The van der Waals surface area contributed by atoms with Crippen LogP contribution in [0.1, 0.15) is 58.6 Å². The highest BCUT2D eigenvalue weighted by molar-refractivity contribution is 5.79. The molecule has 1 N–H and O–H groups in total. The topological polar surface area (TPSA) is 75.4 Å². The third-order valence-corrected chi connectivity index (χ3v) is 5.69. The van der Waals surface area contributed by atoms with Crippen molar-refractivity contribution in [1.82, 2.24) is 14.7 Å². The van der Waals surface area contributed by atoms with Gasteiger partial charge in [0.15, 0.2) is 5.54 Å². The van der Waals surface area contributed by atoms with E-state index in [0.717, 1.165) is 18.5 Å². The summed E-state index contributed by atoms with van der Waals surface area (Å²) in [7, 11) is 0. The van der Waals surface area contributed by atoms with Crippen molar-refractivity contribution in [3.05, 3.63) is 30.1 Å². The van der Waals surface area contributed by atoms with E-state index in [2.05, 4.69) is 38.0 Å². The summed E-state index contributed by atoms with van der Waals surface area (Å²) in [4.78, 5) is 26.5. The molecule has 0 spiro atoms. The molecule has 1 aromatic rings. The second-order valence-corrected chi connectivity index (χ2v) is 8.58. The number of allylic oxidation sites excluding steroid dienone is 2. The molecule has 0 aromatic carbocycles. The van der Waals surface area contributed by atoms with Crippen LogP contribution in [0.15, 0.2) is 24.4 Å². The van der Waals surface area contributed by atoms with Crippen molar-refractivity contribution in [1.29, 1.82) is 0 Å². The first kappa shape index (κ1) is 18.7. The summed E-state index contributed by atoms with van der Waals surface area (Å²) in [6, 6.07) is 1.90. The summed E-state index contributed by atoms with van der Waals surface area (Å²) < 4.78 is 1.61. The Morgan fingerprint density at radius 2 is 2.00 bits per heavy atom. The molecule has 2 heterocycles. The molecular weight excluding hydrogens is 330 g/mol. The van der Waals surface area contributed by atoms with Crippen LogP contribution in [-0.2, 0) is 20.5 Å². The molecule has 1 aliphatic carbocycles. The van der Waals surface area contributed by atoms with Crippen molar-refractivity contribution in [2.45, 2.75) is 63.8 Å². The van der Waals surface area contributed by atoms with Gasteiger partial charge in [-0.3, -0.25) is 9.48 Å². The standard InChI is InChI=1S/C20H29N3O3/c1-19(2,3)16-8-11-23(21-16)20(18(25)26)9-12-22(13-10-20)17(24)14-15-6-4-5-7-15/h4,6,8,11,15H,5,7,9-10,12-14H2,1-3H3,(H,25,26). The first-order valence-electron chi connectivity index (χ1n) is 9.47. The maximum Gasteiger partial charge on any atom is 0.331 e. The lowest BCUT2D eigenvalue weighted by atomic mass is 9.87. The average molecular weight is 359 g/mol. The normalized spacial score (nSPS) is 22.6. The van der Waals surface area contributed by atoms with Crippen LogP contribution in [0.5, 0.6) is 0 Å². The molecule has 0 saturated carbocycles. The second-order valence-electron chi connectivity index (χ2n) is 8.58. The molecule has 1 aliphatic heterocycles. The zero-order chi connectivity index (χ0) is 18.9. The van der Waals surface area contributed by atoms with E-state index in [9.17, 15) is 14.7 Å². The van der Waals surface area contributed by atoms with Gasteiger partial charge in [-0.15, -0.1) is 0 Å². The molecule has 1 fully saturated rings. The zero-order valence-electron chi connectivity index (χ0n) is 15.9. The quantitative estimate of drug-likeness (QED) is 0.839. The molecular formula is C20H29N3O3. The number of piperidine rings is 1. The number of hydrogen-bond donors (Lipinski definition) is 1. The minimum Gasteiger partial charge on any atom is -0.479 e. The average Bonchev–Trinajstić information content (AvgIpc) is 3.26. The molecule has 1 aromatic heterocycles. The number of hydrogen-bond acceptors (Lipinski definition) is 3. The van der Waals surface area contributed by atoms with Crippen LogP contribution in [0, 0.1) is 5.92 Å². The summed E-state index contributed by atoms with van der Waals surface area (Å²) in [5.41, 5.74) is -0.311. The van der Waals surface area contributed by atoms with Gasteiger partial charge in [-0.1, -0.05) is 32.9 Å². The van der Waals surface area contributed by atoms with Gasteiger partial charge in [0, 0.05) is 44.0 Å². The molecule has 26 heavy (non-hydrogen) atoms. The minimum atomic E-state index is -1.06. The molecule has 3 rings (SSSR count). The SMILES string of the molecule is CC(C)(C)c1ccn(C2(C(=O)O)CCN(C(=O)CC3C=CCC3)CC2)n1. The van der Waals surface area contributed by atoms with Gasteiger partial charge in [0.1, 0.15) is 0 Å². The predicted molar refractivity (Wildman–Crippen MR) is 98.8 cm³/mol. The van der Waals surface area contributed by atoms with Crippen molar-refractivity contribution in [2.24, 2.45) is 5.92 Å². The number of rotatable bonds is 4. The Hall–Kier alpha value is -2.11. The lowest BCUT2D eigenvalue weighted by Gasteiger charge is -2.39. The van der Waals surface area contributed by atoms with Gasteiger partial charge in [-0.25, -0.2) is 4.79 Å². The van der Waals surface area contributed by atoms with E-state index < -0.39 is 11.5 Å². The Balaban J connectivity index is 1.71. The van der Waals surface area contributed by atoms with Crippen molar-refractivity contribution < 1.29 is 14.7 Å². The number of carboxylic acids is 1. The van der Waals surface area contributed by atoms with E-state index in [0.29, 0.717) is 38.3 Å². The van der Waals surface area contributed by atoms with Crippen LogP contribution >= 0.6 is 0 Å². The van der Waals surface area contributed by atoms with Crippen LogP contribution in [0.3, 0.4) is 0 Å². The number of likely N-dealkylation sites (tertiary alicyclic amines) is 1. The van der Waals surface area contributed by atoms with Crippen LogP contribution in [0.4, 0.5) is 0 Å². The van der Waals surface area contributed by atoms with Gasteiger partial charge < -0.3 is 10.0 Å². The largest absolute Gasteiger partial charge is 0.479 e. The lowest BCUT2D eigenvalue weighted by molar-refractivity contribution is -0.153. The van der Waals surface area contributed by atoms with Gasteiger partial charge >= 0.3 is 5.97 Å². The van der Waals surface area contributed by atoms with Crippen LogP contribution in [0.25, 0.3) is 0 Å². The number of carbonyl (C=O) groups is 2. The van der Waals surface area contributed by atoms with E-state index in [4.69, 9.17) is 0 Å². The molecule has 2 aliphatic rings. The highest BCUT2D eigenvalue weighted by Crippen LogP contribution is 2.33. The van der Waals surface area contributed by atoms with Crippen molar-refractivity contribution in [3.63, 3.8) is 0 Å². The Kier molecular flexibility index (Phi) is 4.95. The molecule has 1 saturated heterocycles. The van der Waals surface area contributed by atoms with Gasteiger partial charge in [-0.05, 0) is 24.8 Å². The van der Waals surface area contributed by atoms with Gasteiger partial charge in [0.2, 0.25) is 5.91 Å². The van der Waals surface area contributed by atoms with Gasteiger partial charge in [0.25, 0.3) is 0 Å². The van der Waals surface area contributed by atoms with Gasteiger partial charge in [0.05, 0.1) is 5.69 Å². The number of amides is 1. The highest BCUT2D eigenvalue weighted by Gasteiger charge is 2.45. The maximum atomic E-state index is 12.5. The fraction of sp³-hybridized carbons (Fsp3) is 0.650. The summed E-state index contributed by atoms with van der Waals surface area (Å²) in [6.45, 7) is 7.11. The summed E-state index contributed by atoms with van der Waals surface area (Å²) in [6.07, 6.45) is 9.44. The molecule has 1 amide bonds. The number of carbonyl (C=O) groups excluding carboxylic acids is 1. The molecule has 1 atom stereocenters.